The van der Waals surface area contributed by atoms with E-state index in [0.717, 1.165) is 35.4 Å². The summed E-state index contributed by atoms with van der Waals surface area (Å²) in [6.07, 6.45) is 6.38. The second-order valence-corrected chi connectivity index (χ2v) is 11.9. The van der Waals surface area contributed by atoms with E-state index in [1.54, 1.807) is 0 Å². The first kappa shape index (κ1) is 33.3. The van der Waals surface area contributed by atoms with Gasteiger partial charge in [-0.15, -0.1) is 0 Å². The maximum atomic E-state index is 6.81. The molecular formula is C46H44N2O. The zero-order valence-corrected chi connectivity index (χ0v) is 28.6. The first-order chi connectivity index (χ1) is 24.2. The number of allylic oxidation sites excluding steroid dienone is 2. The van der Waals surface area contributed by atoms with E-state index in [4.69, 9.17) is 10.2 Å². The lowest BCUT2D eigenvalue weighted by atomic mass is 9.85. The van der Waals surface area contributed by atoms with Crippen LogP contribution < -0.4 is 11.5 Å². The molecule has 6 aromatic carbocycles. The average molecular weight is 641 g/mol. The van der Waals surface area contributed by atoms with E-state index in [9.17, 15) is 0 Å². The third-order valence-corrected chi connectivity index (χ3v) is 9.11. The van der Waals surface area contributed by atoms with Crippen molar-refractivity contribution in [2.24, 2.45) is 11.5 Å². The number of furan rings is 1. The van der Waals surface area contributed by atoms with E-state index in [1.807, 2.05) is 19.9 Å². The molecule has 0 amide bonds. The van der Waals surface area contributed by atoms with Crippen LogP contribution in [0.2, 0.25) is 0 Å². The van der Waals surface area contributed by atoms with Crippen molar-refractivity contribution in [2.45, 2.75) is 32.6 Å². The van der Waals surface area contributed by atoms with Crippen LogP contribution in [0.25, 0.3) is 50.2 Å². The molecule has 1 aliphatic carbocycles. The molecule has 7 aromatic rings. The number of rotatable bonds is 6. The molecule has 3 nitrogen and oxygen atoms in total. The molecule has 3 heteroatoms. The summed E-state index contributed by atoms with van der Waals surface area (Å²) in [5.41, 5.74) is 22.7. The molecule has 0 radical (unpaired) electrons. The van der Waals surface area contributed by atoms with Crippen LogP contribution in [-0.2, 0) is 6.42 Å². The molecule has 49 heavy (non-hydrogen) atoms. The van der Waals surface area contributed by atoms with Gasteiger partial charge in [0.1, 0.15) is 11.3 Å². The molecule has 1 aliphatic rings. The Hall–Kier alpha value is -5.64. The normalized spacial score (nSPS) is 13.0. The molecule has 8 rings (SSSR count). The molecule has 0 saturated carbocycles. The number of hydrogen-bond donors (Lipinski definition) is 2. The number of fused-ring (bicyclic) bond motifs is 5. The van der Waals surface area contributed by atoms with Crippen LogP contribution >= 0.6 is 0 Å². The molecule has 244 valence electrons. The molecule has 0 aliphatic heterocycles. The highest BCUT2D eigenvalue weighted by atomic mass is 16.3. The maximum Gasteiger partial charge on any atom is 0.135 e. The van der Waals surface area contributed by atoms with Gasteiger partial charge >= 0.3 is 0 Å². The second-order valence-electron chi connectivity index (χ2n) is 11.9. The Labute approximate surface area is 290 Å². The van der Waals surface area contributed by atoms with Crippen molar-refractivity contribution in [1.82, 2.24) is 0 Å². The molecule has 0 saturated heterocycles. The summed E-state index contributed by atoms with van der Waals surface area (Å²) in [5.74, 6) is 0.993. The van der Waals surface area contributed by atoms with Gasteiger partial charge in [0.2, 0.25) is 0 Å². The monoisotopic (exact) mass is 640 g/mol. The first-order valence-corrected chi connectivity index (χ1v) is 17.2. The summed E-state index contributed by atoms with van der Waals surface area (Å²) in [7, 11) is 1.50. The SMILES string of the molecule is CC.CN.N/C(=C\C(c1ccccc1)c1cccc(C2=Cc3oc4ccc5ccccc5c4c3CC2)c1)c1ccc(-c2ccccc2)cc1. The van der Waals surface area contributed by atoms with Crippen LogP contribution in [0.5, 0.6) is 0 Å². The Morgan fingerprint density at radius 1 is 0.633 bits per heavy atom. The maximum absolute atomic E-state index is 6.81. The van der Waals surface area contributed by atoms with E-state index in [2.05, 4.69) is 157 Å². The quantitative estimate of drug-likeness (QED) is 0.190. The predicted octanol–water partition coefficient (Wildman–Crippen LogP) is 11.5. The fourth-order valence-electron chi connectivity index (χ4n) is 6.77. The van der Waals surface area contributed by atoms with Crippen LogP contribution in [0.3, 0.4) is 0 Å². The van der Waals surface area contributed by atoms with Gasteiger partial charge in [-0.05, 0) is 87.8 Å². The minimum absolute atomic E-state index is 0.0114. The van der Waals surface area contributed by atoms with E-state index >= 15 is 0 Å². The molecule has 1 heterocycles. The van der Waals surface area contributed by atoms with Gasteiger partial charge in [-0.25, -0.2) is 0 Å². The molecule has 0 spiro atoms. The zero-order chi connectivity index (χ0) is 34.2. The van der Waals surface area contributed by atoms with E-state index in [-0.39, 0.29) is 5.92 Å². The number of nitrogens with two attached hydrogens (primary N) is 2. The van der Waals surface area contributed by atoms with Gasteiger partial charge in [-0.2, -0.15) is 0 Å². The average Bonchev–Trinajstić information content (AvgIpc) is 3.58. The minimum Gasteiger partial charge on any atom is -0.456 e. The predicted molar refractivity (Wildman–Crippen MR) is 210 cm³/mol. The lowest BCUT2D eigenvalue weighted by molar-refractivity contribution is 0.596. The van der Waals surface area contributed by atoms with Gasteiger partial charge in [-0.3, -0.25) is 0 Å². The van der Waals surface area contributed by atoms with Gasteiger partial charge in [0.25, 0.3) is 0 Å². The molecule has 1 aromatic heterocycles. The molecule has 0 fully saturated rings. The third kappa shape index (κ3) is 6.99. The van der Waals surface area contributed by atoms with Gasteiger partial charge < -0.3 is 15.9 Å². The summed E-state index contributed by atoms with van der Waals surface area (Å²) in [4.78, 5) is 0. The van der Waals surface area contributed by atoms with Crippen LogP contribution in [0, 0.1) is 0 Å². The van der Waals surface area contributed by atoms with Crippen molar-refractivity contribution in [3.63, 3.8) is 0 Å². The zero-order valence-electron chi connectivity index (χ0n) is 28.6. The highest BCUT2D eigenvalue weighted by Crippen LogP contribution is 2.40. The lowest BCUT2D eigenvalue weighted by Gasteiger charge is -2.19. The number of hydrogen-bond acceptors (Lipinski definition) is 3. The molecule has 1 unspecified atom stereocenters. The van der Waals surface area contributed by atoms with Crippen LogP contribution in [-0.4, -0.2) is 7.05 Å². The summed E-state index contributed by atoms with van der Waals surface area (Å²) in [6.45, 7) is 4.00. The van der Waals surface area contributed by atoms with Crippen molar-refractivity contribution in [3.8, 4) is 11.1 Å². The standard InChI is InChI=1S/C43H33NO.C2H6.CH5N/c44-40(33-20-18-30(19-21-33)29-10-3-1-4-11-29)28-39(31-12-5-2-6-13-31)36-16-9-15-34(26-36)35-22-24-38-42(27-35)45-41-25-23-32-14-7-8-17-37(32)43(38)41;2*1-2/h1-21,23,25-28,39H,22,24,44H2;1-2H3;2H2,1H3/b40-28-;;. The van der Waals surface area contributed by atoms with Gasteiger partial charge in [0.15, 0.2) is 0 Å². The van der Waals surface area contributed by atoms with Gasteiger partial charge in [0.05, 0.1) is 0 Å². The number of aryl methyl sites for hydroxylation is 1. The summed E-state index contributed by atoms with van der Waals surface area (Å²) in [5, 5.41) is 3.78. The highest BCUT2D eigenvalue weighted by Gasteiger charge is 2.21. The van der Waals surface area contributed by atoms with Crippen molar-refractivity contribution in [2.75, 3.05) is 7.05 Å². The van der Waals surface area contributed by atoms with Crippen LogP contribution in [0.4, 0.5) is 0 Å². The Morgan fingerprint density at radius 3 is 2.02 bits per heavy atom. The summed E-state index contributed by atoms with van der Waals surface area (Å²) in [6, 6.07) is 51.4. The van der Waals surface area contributed by atoms with Crippen LogP contribution in [0.1, 0.15) is 59.8 Å². The topological polar surface area (TPSA) is 65.2 Å². The fraction of sp³-hybridized carbons (Fsp3) is 0.130. The van der Waals surface area contributed by atoms with Crippen molar-refractivity contribution in [1.29, 1.82) is 0 Å². The van der Waals surface area contributed by atoms with Gasteiger partial charge in [-0.1, -0.05) is 153 Å². The Morgan fingerprint density at radius 2 is 1.27 bits per heavy atom. The summed E-state index contributed by atoms with van der Waals surface area (Å²) < 4.78 is 6.43. The Balaban J connectivity index is 0.00000101. The Kier molecular flexibility index (Phi) is 10.5. The summed E-state index contributed by atoms with van der Waals surface area (Å²) >= 11 is 0. The minimum atomic E-state index is 0.0114. The second kappa shape index (κ2) is 15.5. The first-order valence-electron chi connectivity index (χ1n) is 17.2. The van der Waals surface area contributed by atoms with E-state index in [1.165, 1.54) is 62.2 Å². The van der Waals surface area contributed by atoms with Crippen molar-refractivity contribution in [3.05, 3.63) is 185 Å². The third-order valence-electron chi connectivity index (χ3n) is 9.11. The van der Waals surface area contributed by atoms with E-state index in [0.29, 0.717) is 0 Å². The van der Waals surface area contributed by atoms with E-state index < -0.39 is 0 Å². The highest BCUT2D eigenvalue weighted by molar-refractivity contribution is 6.09. The number of benzene rings is 6. The van der Waals surface area contributed by atoms with Crippen molar-refractivity contribution >= 4 is 39.1 Å². The Bertz CT molecular complexity index is 2210. The smallest absolute Gasteiger partial charge is 0.135 e. The molecule has 1 atom stereocenters. The largest absolute Gasteiger partial charge is 0.456 e. The molecular weight excluding hydrogens is 597 g/mol. The molecule has 0 bridgehead atoms. The fourth-order valence-corrected chi connectivity index (χ4v) is 6.77. The van der Waals surface area contributed by atoms with Crippen LogP contribution in [0.15, 0.2) is 156 Å². The lowest BCUT2D eigenvalue weighted by Crippen LogP contribution is -2.05. The van der Waals surface area contributed by atoms with Crippen molar-refractivity contribution < 1.29 is 4.42 Å². The van der Waals surface area contributed by atoms with Gasteiger partial charge in [0, 0.05) is 22.6 Å². The molecule has 4 N–H and O–H groups in total.